The van der Waals surface area contributed by atoms with Crippen LogP contribution in [0.25, 0.3) is 0 Å². The number of amides is 1. The van der Waals surface area contributed by atoms with Crippen molar-refractivity contribution in [2.24, 2.45) is 0 Å². The van der Waals surface area contributed by atoms with E-state index in [0.717, 1.165) is 25.7 Å². The number of alkyl halides is 2. The van der Waals surface area contributed by atoms with Gasteiger partial charge < -0.3 is 14.7 Å². The van der Waals surface area contributed by atoms with Crippen LogP contribution in [0.4, 0.5) is 8.78 Å². The van der Waals surface area contributed by atoms with Gasteiger partial charge in [0.1, 0.15) is 6.61 Å². The number of aliphatic hydroxyl groups is 1. The van der Waals surface area contributed by atoms with Gasteiger partial charge in [-0.3, -0.25) is 4.79 Å². The number of nitrogens with zero attached hydrogens (tertiary/aromatic N) is 1. The number of aliphatic hydroxyl groups excluding tert-OH is 1. The Morgan fingerprint density at radius 1 is 1.39 bits per heavy atom. The molecule has 1 N–H and O–H groups in total. The highest BCUT2D eigenvalue weighted by Gasteiger charge is 2.25. The molecule has 0 aromatic heterocycles. The molecule has 4 nitrogen and oxygen atoms in total. The van der Waals surface area contributed by atoms with Crippen LogP contribution in [-0.4, -0.2) is 54.7 Å². The number of rotatable bonds is 8. The fourth-order valence-electron chi connectivity index (χ4n) is 2.31. The first-order valence-corrected chi connectivity index (χ1v) is 6.41. The summed E-state index contributed by atoms with van der Waals surface area (Å²) in [5.41, 5.74) is 0. The lowest BCUT2D eigenvalue weighted by Crippen LogP contribution is -2.41. The van der Waals surface area contributed by atoms with E-state index < -0.39 is 13.0 Å². The zero-order valence-corrected chi connectivity index (χ0v) is 10.5. The minimum absolute atomic E-state index is 0.0117. The Morgan fingerprint density at radius 3 is 2.61 bits per heavy atom. The summed E-state index contributed by atoms with van der Waals surface area (Å²) in [5, 5.41) is 8.97. The molecule has 0 atom stereocenters. The summed E-state index contributed by atoms with van der Waals surface area (Å²) in [6.45, 7) is -0.368. The molecule has 1 aliphatic carbocycles. The lowest BCUT2D eigenvalue weighted by molar-refractivity contribution is -0.135. The molecule has 1 saturated carbocycles. The SMILES string of the molecule is O=C(CCOCC(F)F)N(CCO)C1CCCC1. The van der Waals surface area contributed by atoms with E-state index in [0.29, 0.717) is 6.54 Å². The van der Waals surface area contributed by atoms with Crippen LogP contribution >= 0.6 is 0 Å². The van der Waals surface area contributed by atoms with E-state index in [1.165, 1.54) is 0 Å². The Labute approximate surface area is 106 Å². The predicted molar refractivity (Wildman–Crippen MR) is 62.5 cm³/mol. The zero-order chi connectivity index (χ0) is 13.4. The van der Waals surface area contributed by atoms with Crippen molar-refractivity contribution in [3.05, 3.63) is 0 Å². The van der Waals surface area contributed by atoms with Gasteiger partial charge in [-0.05, 0) is 12.8 Å². The van der Waals surface area contributed by atoms with Crippen LogP contribution in [0.15, 0.2) is 0 Å². The van der Waals surface area contributed by atoms with Gasteiger partial charge in [0, 0.05) is 12.6 Å². The second kappa shape index (κ2) is 8.37. The van der Waals surface area contributed by atoms with Crippen molar-refractivity contribution >= 4 is 5.91 Å². The highest BCUT2D eigenvalue weighted by atomic mass is 19.3. The van der Waals surface area contributed by atoms with Gasteiger partial charge in [-0.1, -0.05) is 12.8 Å². The summed E-state index contributed by atoms with van der Waals surface area (Å²) in [4.78, 5) is 13.6. The number of ether oxygens (including phenoxy) is 1. The van der Waals surface area contributed by atoms with Gasteiger partial charge in [-0.15, -0.1) is 0 Å². The predicted octanol–water partition coefficient (Wildman–Crippen LogP) is 1.42. The minimum atomic E-state index is -2.50. The van der Waals surface area contributed by atoms with E-state index in [-0.39, 0.29) is 31.6 Å². The van der Waals surface area contributed by atoms with E-state index in [1.54, 1.807) is 4.90 Å². The van der Waals surface area contributed by atoms with Crippen LogP contribution in [0.2, 0.25) is 0 Å². The highest BCUT2D eigenvalue weighted by Crippen LogP contribution is 2.23. The summed E-state index contributed by atoms with van der Waals surface area (Å²) >= 11 is 0. The quantitative estimate of drug-likeness (QED) is 0.675. The van der Waals surface area contributed by atoms with E-state index in [1.807, 2.05) is 0 Å². The molecule has 1 aliphatic rings. The van der Waals surface area contributed by atoms with E-state index in [9.17, 15) is 13.6 Å². The fraction of sp³-hybridized carbons (Fsp3) is 0.917. The van der Waals surface area contributed by atoms with Gasteiger partial charge in [0.05, 0.1) is 19.6 Å². The van der Waals surface area contributed by atoms with E-state index >= 15 is 0 Å². The summed E-state index contributed by atoms with van der Waals surface area (Å²) in [6.07, 6.45) is 1.73. The van der Waals surface area contributed by atoms with Gasteiger partial charge in [-0.2, -0.15) is 0 Å². The van der Waals surface area contributed by atoms with Gasteiger partial charge in [-0.25, -0.2) is 8.78 Å². The fourth-order valence-corrected chi connectivity index (χ4v) is 2.31. The van der Waals surface area contributed by atoms with Crippen molar-refractivity contribution < 1.29 is 23.4 Å². The molecule has 106 valence electrons. The van der Waals surface area contributed by atoms with E-state index in [4.69, 9.17) is 9.84 Å². The maximum Gasteiger partial charge on any atom is 0.261 e. The molecule has 6 heteroatoms. The zero-order valence-electron chi connectivity index (χ0n) is 10.5. The average Bonchev–Trinajstić information content (AvgIpc) is 2.84. The molecule has 1 rings (SSSR count). The summed E-state index contributed by atoms with van der Waals surface area (Å²) in [5.74, 6) is -0.120. The second-order valence-electron chi connectivity index (χ2n) is 4.47. The Hall–Kier alpha value is -0.750. The average molecular weight is 265 g/mol. The van der Waals surface area contributed by atoms with Crippen molar-refractivity contribution in [3.8, 4) is 0 Å². The molecule has 0 heterocycles. The van der Waals surface area contributed by atoms with Crippen LogP contribution in [-0.2, 0) is 9.53 Å². The summed E-state index contributed by atoms with van der Waals surface area (Å²) < 4.78 is 28.4. The highest BCUT2D eigenvalue weighted by molar-refractivity contribution is 5.76. The molecule has 0 aromatic carbocycles. The van der Waals surface area contributed by atoms with Gasteiger partial charge in [0.25, 0.3) is 6.43 Å². The van der Waals surface area contributed by atoms with Crippen molar-refractivity contribution in [2.45, 2.75) is 44.6 Å². The molecule has 0 spiro atoms. The standard InChI is InChI=1S/C12H21F2NO3/c13-11(14)9-18-8-5-12(17)15(6-7-16)10-3-1-2-4-10/h10-11,16H,1-9H2. The number of hydrogen-bond acceptors (Lipinski definition) is 3. The molecule has 0 aromatic rings. The molecule has 0 saturated heterocycles. The lowest BCUT2D eigenvalue weighted by Gasteiger charge is -2.28. The van der Waals surface area contributed by atoms with Crippen LogP contribution < -0.4 is 0 Å². The second-order valence-corrected chi connectivity index (χ2v) is 4.47. The number of carbonyl (C=O) groups excluding carboxylic acids is 1. The lowest BCUT2D eigenvalue weighted by atomic mass is 10.2. The third kappa shape index (κ3) is 5.27. The molecule has 1 amide bonds. The molecule has 0 radical (unpaired) electrons. The first kappa shape index (κ1) is 15.3. The van der Waals surface area contributed by atoms with Crippen molar-refractivity contribution in [2.75, 3.05) is 26.4 Å². The molecule has 0 aliphatic heterocycles. The third-order valence-corrected chi connectivity index (χ3v) is 3.13. The Balaban J connectivity index is 2.30. The number of hydrogen-bond donors (Lipinski definition) is 1. The molecule has 1 fully saturated rings. The van der Waals surface area contributed by atoms with E-state index in [2.05, 4.69) is 0 Å². The summed E-state index contributed by atoms with van der Waals surface area (Å²) in [6, 6.07) is 0.194. The Morgan fingerprint density at radius 2 is 2.06 bits per heavy atom. The normalized spacial score (nSPS) is 16.4. The van der Waals surface area contributed by atoms with Crippen LogP contribution in [0.1, 0.15) is 32.1 Å². The maximum absolute atomic E-state index is 11.9. The van der Waals surface area contributed by atoms with Gasteiger partial charge >= 0.3 is 0 Å². The molecule has 0 bridgehead atoms. The molecule has 18 heavy (non-hydrogen) atoms. The Bertz CT molecular complexity index is 245. The monoisotopic (exact) mass is 265 g/mol. The number of halogens is 2. The van der Waals surface area contributed by atoms with Crippen LogP contribution in [0.3, 0.4) is 0 Å². The maximum atomic E-state index is 11.9. The van der Waals surface area contributed by atoms with Crippen LogP contribution in [0, 0.1) is 0 Å². The van der Waals surface area contributed by atoms with Crippen molar-refractivity contribution in [1.82, 2.24) is 4.90 Å². The third-order valence-electron chi connectivity index (χ3n) is 3.13. The molecule has 0 unspecified atom stereocenters. The topological polar surface area (TPSA) is 49.8 Å². The van der Waals surface area contributed by atoms with Crippen LogP contribution in [0.5, 0.6) is 0 Å². The molecular weight excluding hydrogens is 244 g/mol. The van der Waals surface area contributed by atoms with Gasteiger partial charge in [0.2, 0.25) is 5.91 Å². The Kier molecular flexibility index (Phi) is 7.12. The molecular formula is C12H21F2NO3. The van der Waals surface area contributed by atoms with Crippen molar-refractivity contribution in [1.29, 1.82) is 0 Å². The minimum Gasteiger partial charge on any atom is -0.395 e. The van der Waals surface area contributed by atoms with Crippen molar-refractivity contribution in [3.63, 3.8) is 0 Å². The number of carbonyl (C=O) groups is 1. The smallest absolute Gasteiger partial charge is 0.261 e. The largest absolute Gasteiger partial charge is 0.395 e. The van der Waals surface area contributed by atoms with Gasteiger partial charge in [0.15, 0.2) is 0 Å². The first-order valence-electron chi connectivity index (χ1n) is 6.41. The first-order chi connectivity index (χ1) is 8.65. The summed E-state index contributed by atoms with van der Waals surface area (Å²) in [7, 11) is 0.